The summed E-state index contributed by atoms with van der Waals surface area (Å²) in [5, 5.41) is 0. The fourth-order valence-corrected chi connectivity index (χ4v) is 2.17. The molecule has 0 aromatic rings. The highest BCUT2D eigenvalue weighted by Crippen LogP contribution is 2.35. The van der Waals surface area contributed by atoms with E-state index < -0.39 is 0 Å². The molecule has 0 spiro atoms. The van der Waals surface area contributed by atoms with Crippen molar-refractivity contribution in [3.8, 4) is 0 Å². The van der Waals surface area contributed by atoms with Gasteiger partial charge in [-0.25, -0.2) is 0 Å². The van der Waals surface area contributed by atoms with Gasteiger partial charge in [0.1, 0.15) is 0 Å². The monoisotopic (exact) mass is 187 g/mol. The highest BCUT2D eigenvalue weighted by Gasteiger charge is 2.34. The fraction of sp³-hybridized carbons (Fsp3) is 1.00. The normalized spacial score (nSPS) is 30.2. The first-order valence-electron chi connectivity index (χ1n) is 5.38. The first-order valence-corrected chi connectivity index (χ1v) is 5.38. The summed E-state index contributed by atoms with van der Waals surface area (Å²) in [4.78, 5) is 2.51. The minimum absolute atomic E-state index is 0.972. The Kier molecular flexibility index (Phi) is 7.29. The van der Waals surface area contributed by atoms with Crippen molar-refractivity contribution >= 4 is 0 Å². The van der Waals surface area contributed by atoms with E-state index in [-0.39, 0.29) is 0 Å². The van der Waals surface area contributed by atoms with Crippen LogP contribution in [0.5, 0.6) is 0 Å². The first-order chi connectivity index (χ1) is 6.27. The molecule has 0 N–H and O–H groups in total. The van der Waals surface area contributed by atoms with Gasteiger partial charge in [0.2, 0.25) is 0 Å². The van der Waals surface area contributed by atoms with Gasteiger partial charge in [0.15, 0.2) is 0 Å². The molecule has 1 unspecified atom stereocenters. The van der Waals surface area contributed by atoms with Crippen LogP contribution in [0.3, 0.4) is 0 Å². The van der Waals surface area contributed by atoms with Gasteiger partial charge in [0, 0.05) is 26.8 Å². The van der Waals surface area contributed by atoms with E-state index in [0.717, 1.165) is 12.0 Å². The lowest BCUT2D eigenvalue weighted by Crippen LogP contribution is -2.27. The average molecular weight is 187 g/mol. The van der Waals surface area contributed by atoms with Gasteiger partial charge in [0.05, 0.1) is 0 Å². The third kappa shape index (κ3) is 4.10. The molecule has 1 saturated carbocycles. The summed E-state index contributed by atoms with van der Waals surface area (Å²) in [5.74, 6) is 1.07. The Bertz CT molecular complexity index is 115. The lowest BCUT2D eigenvalue weighted by atomic mass is 10.1. The predicted molar refractivity (Wildman–Crippen MR) is 58.0 cm³/mol. The van der Waals surface area contributed by atoms with Crippen LogP contribution in [-0.2, 0) is 4.74 Å². The quantitative estimate of drug-likeness (QED) is 0.577. The molecule has 2 rings (SSSR count). The van der Waals surface area contributed by atoms with Gasteiger partial charge in [-0.3, -0.25) is 0 Å². The van der Waals surface area contributed by atoms with Crippen molar-refractivity contribution in [3.05, 3.63) is 0 Å². The molecule has 1 aliphatic heterocycles. The maximum atomic E-state index is 4.25. The van der Waals surface area contributed by atoms with Crippen LogP contribution in [0.4, 0.5) is 0 Å². The van der Waals surface area contributed by atoms with Crippen molar-refractivity contribution in [2.45, 2.75) is 39.2 Å². The predicted octanol–water partition coefficient (Wildman–Crippen LogP) is 2.39. The standard InChI is InChI=1S/C7H13N.C2H6O.C2H6/c1-8-5-6-2-3-7(8)4-6;1-3-2;1-2/h6-7H,2-5H2,1H3;1-2H3;1-2H3/t6?,7-;;/m0../s1. The third-order valence-corrected chi connectivity index (χ3v) is 2.68. The first kappa shape index (κ1) is 12.9. The molecule has 0 aromatic heterocycles. The molecule has 2 aliphatic rings. The second-order valence-corrected chi connectivity index (χ2v) is 3.68. The molecule has 2 atom stereocenters. The number of hydrogen-bond donors (Lipinski definition) is 0. The molecule has 1 heterocycles. The molecule has 1 aliphatic carbocycles. The maximum absolute atomic E-state index is 4.25. The van der Waals surface area contributed by atoms with Crippen LogP contribution in [0.25, 0.3) is 0 Å². The molecule has 13 heavy (non-hydrogen) atoms. The molecule has 1 saturated heterocycles. The molecular formula is C11H25NO. The van der Waals surface area contributed by atoms with E-state index in [2.05, 4.69) is 16.7 Å². The summed E-state index contributed by atoms with van der Waals surface area (Å²) in [5.41, 5.74) is 0. The zero-order valence-electron chi connectivity index (χ0n) is 9.84. The van der Waals surface area contributed by atoms with Crippen LogP contribution >= 0.6 is 0 Å². The van der Waals surface area contributed by atoms with Gasteiger partial charge in [-0.05, 0) is 32.2 Å². The molecule has 2 heteroatoms. The van der Waals surface area contributed by atoms with E-state index in [9.17, 15) is 0 Å². The van der Waals surface area contributed by atoms with Crippen molar-refractivity contribution in [1.29, 1.82) is 0 Å². The van der Waals surface area contributed by atoms with Gasteiger partial charge >= 0.3 is 0 Å². The van der Waals surface area contributed by atoms with E-state index in [0.29, 0.717) is 0 Å². The second-order valence-electron chi connectivity index (χ2n) is 3.68. The number of methoxy groups -OCH3 is 1. The Labute approximate surface area is 83.3 Å². The topological polar surface area (TPSA) is 12.5 Å². The molecule has 80 valence electrons. The van der Waals surface area contributed by atoms with Crippen LogP contribution in [0, 0.1) is 5.92 Å². The van der Waals surface area contributed by atoms with Crippen molar-refractivity contribution in [3.63, 3.8) is 0 Å². The zero-order valence-corrected chi connectivity index (χ0v) is 9.84. The van der Waals surface area contributed by atoms with E-state index in [1.807, 2.05) is 13.8 Å². The summed E-state index contributed by atoms with van der Waals surface area (Å²) >= 11 is 0. The lowest BCUT2D eigenvalue weighted by molar-refractivity contribution is 0.261. The van der Waals surface area contributed by atoms with Crippen LogP contribution in [0.15, 0.2) is 0 Å². The fourth-order valence-electron chi connectivity index (χ4n) is 2.17. The van der Waals surface area contributed by atoms with Gasteiger partial charge < -0.3 is 9.64 Å². The van der Waals surface area contributed by atoms with Crippen molar-refractivity contribution in [1.82, 2.24) is 4.90 Å². The number of likely N-dealkylation sites (tertiary alicyclic amines) is 1. The Morgan fingerprint density at radius 2 is 1.69 bits per heavy atom. The minimum atomic E-state index is 0.972. The molecule has 2 nitrogen and oxygen atoms in total. The molecule has 0 amide bonds. The largest absolute Gasteiger partial charge is 0.388 e. The van der Waals surface area contributed by atoms with Gasteiger partial charge in [-0.15, -0.1) is 0 Å². The number of fused-ring (bicyclic) bond motifs is 2. The molecular weight excluding hydrogens is 162 g/mol. The van der Waals surface area contributed by atoms with Gasteiger partial charge in [-0.1, -0.05) is 13.8 Å². The number of nitrogens with zero attached hydrogens (tertiary/aromatic N) is 1. The van der Waals surface area contributed by atoms with Gasteiger partial charge in [-0.2, -0.15) is 0 Å². The number of piperidine rings is 1. The number of hydrogen-bond acceptors (Lipinski definition) is 2. The van der Waals surface area contributed by atoms with Crippen LogP contribution < -0.4 is 0 Å². The lowest BCUT2D eigenvalue weighted by Gasteiger charge is -2.20. The minimum Gasteiger partial charge on any atom is -0.388 e. The van der Waals surface area contributed by atoms with Crippen LogP contribution in [0.1, 0.15) is 33.1 Å². The molecule has 2 bridgehead atoms. The average Bonchev–Trinajstić information content (AvgIpc) is 2.70. The Hall–Kier alpha value is -0.0800. The summed E-state index contributed by atoms with van der Waals surface area (Å²) in [6.07, 6.45) is 4.48. The smallest absolute Gasteiger partial charge is 0.0351 e. The summed E-state index contributed by atoms with van der Waals surface area (Å²) in [6, 6.07) is 0.972. The SMILES string of the molecule is CC.CN1CC2CC[C@H]1C2.COC. The van der Waals surface area contributed by atoms with E-state index in [4.69, 9.17) is 0 Å². The van der Waals surface area contributed by atoms with E-state index >= 15 is 0 Å². The highest BCUT2D eigenvalue weighted by atomic mass is 16.4. The maximum Gasteiger partial charge on any atom is 0.0351 e. The molecule has 0 aromatic carbocycles. The Balaban J connectivity index is 0.000000251. The highest BCUT2D eigenvalue weighted by molar-refractivity contribution is 4.89. The van der Waals surface area contributed by atoms with Crippen molar-refractivity contribution < 1.29 is 4.74 Å². The van der Waals surface area contributed by atoms with Gasteiger partial charge in [0.25, 0.3) is 0 Å². The zero-order chi connectivity index (χ0) is 10.3. The van der Waals surface area contributed by atoms with Crippen LogP contribution in [0.2, 0.25) is 0 Å². The van der Waals surface area contributed by atoms with Crippen LogP contribution in [-0.4, -0.2) is 38.8 Å². The Morgan fingerprint density at radius 3 is 1.85 bits per heavy atom. The number of ether oxygens (including phenoxy) is 1. The summed E-state index contributed by atoms with van der Waals surface area (Å²) in [7, 11) is 5.50. The summed E-state index contributed by atoms with van der Waals surface area (Å²) in [6.45, 7) is 5.38. The van der Waals surface area contributed by atoms with Crippen molar-refractivity contribution in [2.75, 3.05) is 27.8 Å². The van der Waals surface area contributed by atoms with E-state index in [1.165, 1.54) is 25.8 Å². The number of rotatable bonds is 0. The Morgan fingerprint density at radius 1 is 1.15 bits per heavy atom. The third-order valence-electron chi connectivity index (χ3n) is 2.68. The summed E-state index contributed by atoms with van der Waals surface area (Å²) < 4.78 is 4.25. The molecule has 2 fully saturated rings. The second kappa shape index (κ2) is 7.34. The molecule has 0 radical (unpaired) electrons. The van der Waals surface area contributed by atoms with E-state index in [1.54, 1.807) is 14.2 Å². The van der Waals surface area contributed by atoms with Crippen molar-refractivity contribution in [2.24, 2.45) is 5.92 Å².